The van der Waals surface area contributed by atoms with Gasteiger partial charge in [-0.25, -0.2) is 4.68 Å². The molecule has 1 heterocycles. The number of amides is 1. The number of carbonyl (C=O) groups is 1. The minimum Gasteiger partial charge on any atom is -0.484 e. The van der Waals surface area contributed by atoms with Crippen molar-refractivity contribution in [3.8, 4) is 5.75 Å². The number of carbonyl (C=O) groups excluding carboxylic acids is 1. The molecule has 2 aromatic rings. The molecule has 0 spiro atoms. The summed E-state index contributed by atoms with van der Waals surface area (Å²) in [5.74, 6) is 0.585. The van der Waals surface area contributed by atoms with Gasteiger partial charge in [0, 0.05) is 0 Å². The second-order valence-corrected chi connectivity index (χ2v) is 5.66. The smallest absolute Gasteiger partial charge is 0.287 e. The molecule has 22 heavy (non-hydrogen) atoms. The second-order valence-electron chi connectivity index (χ2n) is 5.31. The molecule has 0 fully saturated rings. The standard InChI is InChI=1S/C15H17N3O3S/c16-13(19)8-18-15(22)21-14(17-18)9-20-12-6-5-10-3-1-2-4-11(10)7-12/h5-7H,1-4,8-9H2,(H2,16,19). The van der Waals surface area contributed by atoms with Crippen LogP contribution in [0, 0.1) is 4.84 Å². The predicted molar refractivity (Wildman–Crippen MR) is 81.9 cm³/mol. The van der Waals surface area contributed by atoms with E-state index in [9.17, 15) is 4.79 Å². The summed E-state index contributed by atoms with van der Waals surface area (Å²) in [4.78, 5) is 11.0. The fraction of sp³-hybridized carbons (Fsp3) is 0.400. The van der Waals surface area contributed by atoms with Crippen LogP contribution in [0.3, 0.4) is 0 Å². The van der Waals surface area contributed by atoms with Crippen molar-refractivity contribution >= 4 is 18.1 Å². The van der Waals surface area contributed by atoms with E-state index in [2.05, 4.69) is 17.2 Å². The molecule has 1 aromatic heterocycles. The van der Waals surface area contributed by atoms with Crippen LogP contribution in [0.25, 0.3) is 0 Å². The lowest BCUT2D eigenvalue weighted by molar-refractivity contribution is -0.118. The number of hydrogen-bond acceptors (Lipinski definition) is 5. The average Bonchev–Trinajstić information content (AvgIpc) is 2.84. The number of rotatable bonds is 5. The van der Waals surface area contributed by atoms with Gasteiger partial charge >= 0.3 is 0 Å². The molecule has 0 saturated heterocycles. The lowest BCUT2D eigenvalue weighted by Crippen LogP contribution is -2.19. The maximum absolute atomic E-state index is 10.9. The summed E-state index contributed by atoms with van der Waals surface area (Å²) in [6.07, 6.45) is 4.72. The molecule has 0 atom stereocenters. The zero-order valence-electron chi connectivity index (χ0n) is 12.1. The highest BCUT2D eigenvalue weighted by atomic mass is 32.1. The third-order valence-electron chi connectivity index (χ3n) is 3.64. The first-order chi connectivity index (χ1) is 10.6. The van der Waals surface area contributed by atoms with Crippen molar-refractivity contribution in [2.24, 2.45) is 5.73 Å². The molecule has 3 rings (SSSR count). The molecular formula is C15H17N3O3S. The van der Waals surface area contributed by atoms with Crippen molar-refractivity contribution in [3.05, 3.63) is 40.1 Å². The van der Waals surface area contributed by atoms with E-state index in [1.807, 2.05) is 6.07 Å². The third kappa shape index (κ3) is 3.36. The van der Waals surface area contributed by atoms with Crippen molar-refractivity contribution < 1.29 is 13.9 Å². The van der Waals surface area contributed by atoms with E-state index in [-0.39, 0.29) is 18.0 Å². The first-order valence-electron chi connectivity index (χ1n) is 7.21. The number of nitrogens with two attached hydrogens (primary N) is 1. The van der Waals surface area contributed by atoms with Gasteiger partial charge in [-0.1, -0.05) is 6.07 Å². The molecular weight excluding hydrogens is 302 g/mol. The van der Waals surface area contributed by atoms with Gasteiger partial charge in [0.05, 0.1) is 0 Å². The Bertz CT molecular complexity index is 751. The molecule has 1 amide bonds. The summed E-state index contributed by atoms with van der Waals surface area (Å²) in [6, 6.07) is 6.15. The van der Waals surface area contributed by atoms with Gasteiger partial charge in [0.15, 0.2) is 6.61 Å². The summed E-state index contributed by atoms with van der Waals surface area (Å²) in [5.41, 5.74) is 7.87. The maximum Gasteiger partial charge on any atom is 0.287 e. The monoisotopic (exact) mass is 319 g/mol. The molecule has 0 radical (unpaired) electrons. The lowest BCUT2D eigenvalue weighted by atomic mass is 9.92. The lowest BCUT2D eigenvalue weighted by Gasteiger charge is -2.16. The molecule has 0 bridgehead atoms. The number of primary amides is 1. The van der Waals surface area contributed by atoms with Crippen molar-refractivity contribution in [2.45, 2.75) is 38.8 Å². The van der Waals surface area contributed by atoms with Crippen molar-refractivity contribution in [2.75, 3.05) is 0 Å². The van der Waals surface area contributed by atoms with Crippen LogP contribution < -0.4 is 10.5 Å². The SMILES string of the molecule is NC(=O)Cn1nc(COc2ccc3c(c2)CCCC3)oc1=S. The Morgan fingerprint density at radius 1 is 1.36 bits per heavy atom. The van der Waals surface area contributed by atoms with Crippen LogP contribution in [0.2, 0.25) is 0 Å². The van der Waals surface area contributed by atoms with Gasteiger partial charge in [0.25, 0.3) is 10.7 Å². The van der Waals surface area contributed by atoms with Crippen LogP contribution in [-0.2, 0) is 30.8 Å². The second kappa shape index (κ2) is 6.31. The van der Waals surface area contributed by atoms with E-state index in [0.717, 1.165) is 18.6 Å². The van der Waals surface area contributed by atoms with Gasteiger partial charge < -0.3 is 14.9 Å². The quantitative estimate of drug-likeness (QED) is 0.854. The zero-order valence-corrected chi connectivity index (χ0v) is 12.9. The van der Waals surface area contributed by atoms with E-state index in [0.29, 0.717) is 5.89 Å². The van der Waals surface area contributed by atoms with E-state index in [4.69, 9.17) is 27.1 Å². The fourth-order valence-corrected chi connectivity index (χ4v) is 2.80. The molecule has 116 valence electrons. The molecule has 1 aliphatic rings. The van der Waals surface area contributed by atoms with Crippen molar-refractivity contribution in [1.82, 2.24) is 9.78 Å². The zero-order chi connectivity index (χ0) is 15.5. The summed E-state index contributed by atoms with van der Waals surface area (Å²) >= 11 is 4.97. The number of aryl methyl sites for hydroxylation is 2. The van der Waals surface area contributed by atoms with E-state index >= 15 is 0 Å². The van der Waals surface area contributed by atoms with E-state index in [1.165, 1.54) is 28.7 Å². The molecule has 1 aliphatic carbocycles. The maximum atomic E-state index is 10.9. The number of hydrogen-bond donors (Lipinski definition) is 1. The Hall–Kier alpha value is -2.15. The van der Waals surface area contributed by atoms with Gasteiger partial charge in [0.2, 0.25) is 5.91 Å². The van der Waals surface area contributed by atoms with Gasteiger partial charge in [-0.3, -0.25) is 4.79 Å². The molecule has 1 aromatic carbocycles. The first-order valence-corrected chi connectivity index (χ1v) is 7.62. The number of aromatic nitrogens is 2. The van der Waals surface area contributed by atoms with Gasteiger partial charge in [-0.15, -0.1) is 5.10 Å². The molecule has 0 unspecified atom stereocenters. The highest BCUT2D eigenvalue weighted by Crippen LogP contribution is 2.25. The Kier molecular flexibility index (Phi) is 4.24. The molecule has 2 N–H and O–H groups in total. The van der Waals surface area contributed by atoms with E-state index in [1.54, 1.807) is 0 Å². The molecule has 0 aliphatic heterocycles. The Labute approximate surface area is 132 Å². The predicted octanol–water partition coefficient (Wildman–Crippen LogP) is 2.15. The van der Waals surface area contributed by atoms with Crippen molar-refractivity contribution in [3.63, 3.8) is 0 Å². The number of ether oxygens (including phenoxy) is 1. The molecule has 6 nitrogen and oxygen atoms in total. The summed E-state index contributed by atoms with van der Waals surface area (Å²) < 4.78 is 12.2. The average molecular weight is 319 g/mol. The Morgan fingerprint density at radius 2 is 2.14 bits per heavy atom. The van der Waals surface area contributed by atoms with Crippen LogP contribution in [-0.4, -0.2) is 15.7 Å². The molecule has 0 saturated carbocycles. The molecule has 7 heteroatoms. The first kappa shape index (κ1) is 14.8. The Balaban J connectivity index is 1.67. The number of fused-ring (bicyclic) bond motifs is 1. The van der Waals surface area contributed by atoms with Crippen LogP contribution in [0.15, 0.2) is 22.6 Å². The summed E-state index contributed by atoms with van der Waals surface area (Å²) in [6.45, 7) is 0.0648. The largest absolute Gasteiger partial charge is 0.484 e. The summed E-state index contributed by atoms with van der Waals surface area (Å²) in [7, 11) is 0. The fourth-order valence-electron chi connectivity index (χ4n) is 2.60. The normalized spacial score (nSPS) is 13.6. The van der Waals surface area contributed by atoms with E-state index < -0.39 is 5.91 Å². The van der Waals surface area contributed by atoms with Crippen LogP contribution in [0.5, 0.6) is 5.75 Å². The van der Waals surface area contributed by atoms with Gasteiger partial charge in [-0.2, -0.15) is 0 Å². The highest BCUT2D eigenvalue weighted by Gasteiger charge is 2.11. The minimum absolute atomic E-state index is 0.0961. The summed E-state index contributed by atoms with van der Waals surface area (Å²) in [5, 5.41) is 4.07. The topological polar surface area (TPSA) is 83.3 Å². The van der Waals surface area contributed by atoms with Crippen LogP contribution in [0.4, 0.5) is 0 Å². The van der Waals surface area contributed by atoms with Gasteiger partial charge in [0.1, 0.15) is 12.3 Å². The highest BCUT2D eigenvalue weighted by molar-refractivity contribution is 7.71. The number of benzene rings is 1. The Morgan fingerprint density at radius 3 is 2.91 bits per heavy atom. The minimum atomic E-state index is -0.522. The number of nitrogens with zero attached hydrogens (tertiary/aromatic N) is 2. The van der Waals surface area contributed by atoms with Crippen molar-refractivity contribution in [1.29, 1.82) is 0 Å². The van der Waals surface area contributed by atoms with Gasteiger partial charge in [-0.05, 0) is 61.2 Å². The third-order valence-corrected chi connectivity index (χ3v) is 3.93. The van der Waals surface area contributed by atoms with Crippen LogP contribution in [0.1, 0.15) is 29.9 Å². The van der Waals surface area contributed by atoms with Crippen LogP contribution >= 0.6 is 12.2 Å².